The van der Waals surface area contributed by atoms with E-state index in [1.165, 1.54) is 5.56 Å². The summed E-state index contributed by atoms with van der Waals surface area (Å²) in [5.41, 5.74) is 4.04. The normalized spacial score (nSPS) is 18.0. The number of hydrogen-bond acceptors (Lipinski definition) is 4. The van der Waals surface area contributed by atoms with E-state index in [2.05, 4.69) is 47.1 Å². The summed E-state index contributed by atoms with van der Waals surface area (Å²) < 4.78 is 5.97. The number of piperazine rings is 1. The molecule has 0 radical (unpaired) electrons. The molecule has 1 atom stereocenters. The van der Waals surface area contributed by atoms with Crippen molar-refractivity contribution in [1.82, 2.24) is 4.90 Å². The molecule has 6 heteroatoms. The van der Waals surface area contributed by atoms with E-state index < -0.39 is 0 Å². The van der Waals surface area contributed by atoms with Crippen LogP contribution in [0.3, 0.4) is 0 Å². The first-order valence-corrected chi connectivity index (χ1v) is 11.8. The van der Waals surface area contributed by atoms with Crippen molar-refractivity contribution in [3.63, 3.8) is 0 Å². The van der Waals surface area contributed by atoms with E-state index in [-0.39, 0.29) is 11.9 Å². The maximum absolute atomic E-state index is 13.4. The van der Waals surface area contributed by atoms with Crippen molar-refractivity contribution in [3.8, 4) is 5.75 Å². The number of nitrogens with zero attached hydrogens (tertiary/aromatic N) is 3. The molecule has 0 aliphatic carbocycles. The Hall–Kier alpha value is -3.18. The molecule has 3 aromatic rings. The zero-order chi connectivity index (χ0) is 22.8. The number of fused-ring (bicyclic) bond motifs is 1. The maximum atomic E-state index is 13.4. The highest BCUT2D eigenvalue weighted by molar-refractivity contribution is 6.30. The van der Waals surface area contributed by atoms with Crippen LogP contribution in [0.2, 0.25) is 5.02 Å². The molecule has 33 heavy (non-hydrogen) atoms. The number of anilines is 2. The molecule has 1 saturated heterocycles. The molecular formula is C27H28ClN3O2. The quantitative estimate of drug-likeness (QED) is 0.542. The molecule has 0 saturated carbocycles. The molecule has 3 aromatic carbocycles. The molecule has 5 rings (SSSR count). The van der Waals surface area contributed by atoms with Gasteiger partial charge in [-0.3, -0.25) is 4.79 Å². The fourth-order valence-corrected chi connectivity index (χ4v) is 4.76. The lowest BCUT2D eigenvalue weighted by molar-refractivity contribution is 0.0746. The van der Waals surface area contributed by atoms with Gasteiger partial charge in [-0.15, -0.1) is 0 Å². The standard InChI is InChI=1S/C27H28ClN3O2/c1-20-19-33-26-11-10-22(16-25(26)31(20)18-21-6-3-2-4-7-21)27(32)30-14-12-29(13-15-30)24-9-5-8-23(28)17-24/h2-11,16-17,20H,12-15,18-19H2,1H3. The van der Waals surface area contributed by atoms with Gasteiger partial charge < -0.3 is 19.4 Å². The highest BCUT2D eigenvalue weighted by Gasteiger charge is 2.28. The fraction of sp³-hybridized carbons (Fsp3) is 0.296. The second-order valence-electron chi connectivity index (χ2n) is 8.72. The molecule has 0 aromatic heterocycles. The summed E-state index contributed by atoms with van der Waals surface area (Å²) in [6, 6.07) is 24.4. The lowest BCUT2D eigenvalue weighted by atomic mass is 10.1. The average molecular weight is 462 g/mol. The van der Waals surface area contributed by atoms with Crippen molar-refractivity contribution in [2.75, 3.05) is 42.6 Å². The third-order valence-electron chi connectivity index (χ3n) is 6.46. The predicted molar refractivity (Wildman–Crippen MR) is 134 cm³/mol. The van der Waals surface area contributed by atoms with Gasteiger partial charge >= 0.3 is 0 Å². The lowest BCUT2D eigenvalue weighted by Gasteiger charge is -2.38. The van der Waals surface area contributed by atoms with Gasteiger partial charge in [0.25, 0.3) is 5.91 Å². The molecule has 2 heterocycles. The van der Waals surface area contributed by atoms with E-state index in [0.717, 1.165) is 41.8 Å². The van der Waals surface area contributed by atoms with E-state index >= 15 is 0 Å². The predicted octanol–water partition coefficient (Wildman–Crippen LogP) is 5.09. The Morgan fingerprint density at radius 2 is 1.76 bits per heavy atom. The van der Waals surface area contributed by atoms with Gasteiger partial charge in [0.15, 0.2) is 0 Å². The van der Waals surface area contributed by atoms with Crippen LogP contribution in [0.25, 0.3) is 0 Å². The first-order chi connectivity index (χ1) is 16.1. The average Bonchev–Trinajstić information content (AvgIpc) is 2.86. The Balaban J connectivity index is 1.32. The Morgan fingerprint density at radius 3 is 2.52 bits per heavy atom. The van der Waals surface area contributed by atoms with Crippen molar-refractivity contribution in [2.24, 2.45) is 0 Å². The van der Waals surface area contributed by atoms with Crippen LogP contribution >= 0.6 is 11.6 Å². The highest BCUT2D eigenvalue weighted by atomic mass is 35.5. The summed E-state index contributed by atoms with van der Waals surface area (Å²) in [5, 5.41) is 0.733. The Kier molecular flexibility index (Phi) is 6.14. The van der Waals surface area contributed by atoms with E-state index in [0.29, 0.717) is 25.3 Å². The second kappa shape index (κ2) is 9.36. The van der Waals surface area contributed by atoms with Crippen LogP contribution in [0.4, 0.5) is 11.4 Å². The molecular weight excluding hydrogens is 434 g/mol. The minimum Gasteiger partial charge on any atom is -0.489 e. The number of ether oxygens (including phenoxy) is 1. The summed E-state index contributed by atoms with van der Waals surface area (Å²) in [7, 11) is 0. The third kappa shape index (κ3) is 4.64. The van der Waals surface area contributed by atoms with Gasteiger partial charge in [0, 0.05) is 49.0 Å². The van der Waals surface area contributed by atoms with Gasteiger partial charge in [0.05, 0.1) is 11.7 Å². The molecule has 2 aliphatic heterocycles. The highest BCUT2D eigenvalue weighted by Crippen LogP contribution is 2.36. The first kappa shape index (κ1) is 21.7. The Morgan fingerprint density at radius 1 is 0.970 bits per heavy atom. The summed E-state index contributed by atoms with van der Waals surface area (Å²) >= 11 is 6.15. The molecule has 1 unspecified atom stereocenters. The Bertz CT molecular complexity index is 1130. The van der Waals surface area contributed by atoms with Gasteiger partial charge in [-0.25, -0.2) is 0 Å². The number of benzene rings is 3. The number of halogens is 1. The third-order valence-corrected chi connectivity index (χ3v) is 6.70. The van der Waals surface area contributed by atoms with Crippen LogP contribution in [0.1, 0.15) is 22.8 Å². The molecule has 170 valence electrons. The number of rotatable bonds is 4. The molecule has 2 aliphatic rings. The largest absolute Gasteiger partial charge is 0.489 e. The number of amides is 1. The van der Waals surface area contributed by atoms with Crippen LogP contribution in [0, 0.1) is 0 Å². The summed E-state index contributed by atoms with van der Waals surface area (Å²) in [5.74, 6) is 0.910. The summed E-state index contributed by atoms with van der Waals surface area (Å²) in [6.45, 7) is 6.53. The SMILES string of the molecule is CC1COc2ccc(C(=O)N3CCN(c4cccc(Cl)c4)CC3)cc2N1Cc1ccccc1. The van der Waals surface area contributed by atoms with Gasteiger partial charge in [0.1, 0.15) is 12.4 Å². The van der Waals surface area contributed by atoms with E-state index in [1.807, 2.05) is 47.4 Å². The number of hydrogen-bond donors (Lipinski definition) is 0. The minimum atomic E-state index is 0.0708. The van der Waals surface area contributed by atoms with Gasteiger partial charge in [0.2, 0.25) is 0 Å². The van der Waals surface area contributed by atoms with E-state index in [9.17, 15) is 4.79 Å². The molecule has 0 spiro atoms. The molecule has 1 amide bonds. The summed E-state index contributed by atoms with van der Waals surface area (Å²) in [6.07, 6.45) is 0. The van der Waals surface area contributed by atoms with Crippen molar-refractivity contribution in [3.05, 3.63) is 88.9 Å². The van der Waals surface area contributed by atoms with Gasteiger partial charge in [-0.1, -0.05) is 48.0 Å². The zero-order valence-electron chi connectivity index (χ0n) is 18.8. The second-order valence-corrected chi connectivity index (χ2v) is 9.15. The topological polar surface area (TPSA) is 36.0 Å². The van der Waals surface area contributed by atoms with Crippen molar-refractivity contribution in [1.29, 1.82) is 0 Å². The van der Waals surface area contributed by atoms with Crippen LogP contribution in [-0.2, 0) is 6.54 Å². The zero-order valence-corrected chi connectivity index (χ0v) is 19.5. The van der Waals surface area contributed by atoms with Crippen LogP contribution in [-0.4, -0.2) is 49.6 Å². The van der Waals surface area contributed by atoms with E-state index in [4.69, 9.17) is 16.3 Å². The van der Waals surface area contributed by atoms with Crippen LogP contribution < -0.4 is 14.5 Å². The molecule has 1 fully saturated rings. The molecule has 0 N–H and O–H groups in total. The Labute approximate surface area is 200 Å². The van der Waals surface area contributed by atoms with Gasteiger partial charge in [-0.2, -0.15) is 0 Å². The molecule has 0 bridgehead atoms. The van der Waals surface area contributed by atoms with Gasteiger partial charge in [-0.05, 0) is 48.9 Å². The van der Waals surface area contributed by atoms with Crippen molar-refractivity contribution >= 4 is 28.9 Å². The molecule has 5 nitrogen and oxygen atoms in total. The van der Waals surface area contributed by atoms with Crippen molar-refractivity contribution < 1.29 is 9.53 Å². The lowest BCUT2D eigenvalue weighted by Crippen LogP contribution is -2.48. The fourth-order valence-electron chi connectivity index (χ4n) is 4.58. The van der Waals surface area contributed by atoms with E-state index in [1.54, 1.807) is 0 Å². The van der Waals surface area contributed by atoms with Crippen LogP contribution in [0.5, 0.6) is 5.75 Å². The minimum absolute atomic E-state index is 0.0708. The number of carbonyl (C=O) groups is 1. The van der Waals surface area contributed by atoms with Crippen molar-refractivity contribution in [2.45, 2.75) is 19.5 Å². The smallest absolute Gasteiger partial charge is 0.254 e. The van der Waals surface area contributed by atoms with Crippen LogP contribution in [0.15, 0.2) is 72.8 Å². The number of carbonyl (C=O) groups excluding carboxylic acids is 1. The summed E-state index contributed by atoms with van der Waals surface area (Å²) in [4.78, 5) is 19.9. The monoisotopic (exact) mass is 461 g/mol. The maximum Gasteiger partial charge on any atom is 0.254 e. The first-order valence-electron chi connectivity index (χ1n) is 11.5.